The van der Waals surface area contributed by atoms with Crippen molar-refractivity contribution in [3.05, 3.63) is 11.7 Å². The Morgan fingerprint density at radius 1 is 1.44 bits per heavy atom. The molecule has 0 saturated carbocycles. The van der Waals surface area contributed by atoms with Crippen LogP contribution in [-0.2, 0) is 6.42 Å². The maximum absolute atomic E-state index is 5.95. The molecular formula is C11H22N4O. The zero-order chi connectivity index (χ0) is 12.1. The van der Waals surface area contributed by atoms with E-state index in [1.54, 1.807) is 0 Å². The van der Waals surface area contributed by atoms with Gasteiger partial charge in [-0.05, 0) is 20.0 Å². The number of hydrogen-bond acceptors (Lipinski definition) is 5. The zero-order valence-electron chi connectivity index (χ0n) is 10.6. The Balaban J connectivity index is 2.56. The molecule has 2 atom stereocenters. The van der Waals surface area contributed by atoms with Crippen molar-refractivity contribution in [1.29, 1.82) is 0 Å². The normalized spacial score (nSPS) is 15.4. The molecule has 0 aromatic carbocycles. The third kappa shape index (κ3) is 3.90. The minimum absolute atomic E-state index is 0.176. The van der Waals surface area contributed by atoms with E-state index in [1.807, 2.05) is 19.0 Å². The molecule has 92 valence electrons. The van der Waals surface area contributed by atoms with Crippen LogP contribution in [0.3, 0.4) is 0 Å². The lowest BCUT2D eigenvalue weighted by molar-refractivity contribution is 0.337. The molecule has 1 aromatic heterocycles. The highest BCUT2D eigenvalue weighted by Gasteiger charge is 2.15. The van der Waals surface area contributed by atoms with Gasteiger partial charge in [-0.25, -0.2) is 0 Å². The molecule has 1 heterocycles. The van der Waals surface area contributed by atoms with Gasteiger partial charge in [-0.1, -0.05) is 25.4 Å². The Bertz CT molecular complexity index is 311. The number of aromatic nitrogens is 2. The van der Waals surface area contributed by atoms with E-state index < -0.39 is 0 Å². The van der Waals surface area contributed by atoms with Crippen LogP contribution in [0.2, 0.25) is 0 Å². The highest BCUT2D eigenvalue weighted by Crippen LogP contribution is 2.12. The fourth-order valence-electron chi connectivity index (χ4n) is 1.42. The second-order valence-corrected chi connectivity index (χ2v) is 4.63. The molecule has 2 N–H and O–H groups in total. The van der Waals surface area contributed by atoms with Gasteiger partial charge in [0.05, 0.1) is 6.04 Å². The summed E-state index contributed by atoms with van der Waals surface area (Å²) in [4.78, 5) is 6.33. The Labute approximate surface area is 97.0 Å². The van der Waals surface area contributed by atoms with E-state index in [0.29, 0.717) is 17.6 Å². The van der Waals surface area contributed by atoms with Crippen LogP contribution >= 0.6 is 0 Å². The molecule has 0 radical (unpaired) electrons. The van der Waals surface area contributed by atoms with Crippen molar-refractivity contribution in [2.75, 3.05) is 20.6 Å². The summed E-state index contributed by atoms with van der Waals surface area (Å²) in [6.07, 6.45) is 1.94. The van der Waals surface area contributed by atoms with Gasteiger partial charge < -0.3 is 15.2 Å². The van der Waals surface area contributed by atoms with Gasteiger partial charge in [-0.2, -0.15) is 4.98 Å². The van der Waals surface area contributed by atoms with Crippen LogP contribution in [0.25, 0.3) is 0 Å². The number of rotatable bonds is 6. The smallest absolute Gasteiger partial charge is 0.226 e. The monoisotopic (exact) mass is 226 g/mol. The molecule has 0 aliphatic rings. The third-order valence-electron chi connectivity index (χ3n) is 2.60. The average molecular weight is 226 g/mol. The molecule has 0 fully saturated rings. The lowest BCUT2D eigenvalue weighted by Crippen LogP contribution is -2.26. The van der Waals surface area contributed by atoms with E-state index >= 15 is 0 Å². The van der Waals surface area contributed by atoms with Crippen LogP contribution in [0.15, 0.2) is 4.52 Å². The summed E-state index contributed by atoms with van der Waals surface area (Å²) in [6.45, 7) is 5.05. The van der Waals surface area contributed by atoms with Gasteiger partial charge in [0.2, 0.25) is 5.89 Å². The van der Waals surface area contributed by atoms with Gasteiger partial charge in [0, 0.05) is 13.0 Å². The first kappa shape index (κ1) is 13.1. The van der Waals surface area contributed by atoms with Crippen LogP contribution in [0.5, 0.6) is 0 Å². The predicted octanol–water partition coefficient (Wildman–Crippen LogP) is 1.22. The molecule has 0 aliphatic carbocycles. The molecule has 16 heavy (non-hydrogen) atoms. The van der Waals surface area contributed by atoms with Gasteiger partial charge in [-0.15, -0.1) is 0 Å². The van der Waals surface area contributed by atoms with Crippen molar-refractivity contribution in [3.8, 4) is 0 Å². The minimum Gasteiger partial charge on any atom is -0.339 e. The molecule has 0 amide bonds. The first-order chi connectivity index (χ1) is 7.52. The lowest BCUT2D eigenvalue weighted by Gasteiger charge is -2.12. The molecule has 0 spiro atoms. The molecule has 0 saturated heterocycles. The summed E-state index contributed by atoms with van der Waals surface area (Å²) >= 11 is 0. The summed E-state index contributed by atoms with van der Waals surface area (Å²) in [5.41, 5.74) is 5.95. The number of nitrogens with zero attached hydrogens (tertiary/aromatic N) is 3. The molecule has 5 heteroatoms. The summed E-state index contributed by atoms with van der Waals surface area (Å²) < 4.78 is 5.18. The maximum atomic E-state index is 5.95. The molecule has 2 unspecified atom stereocenters. The predicted molar refractivity (Wildman–Crippen MR) is 62.9 cm³/mol. The Kier molecular flexibility index (Phi) is 4.89. The Morgan fingerprint density at radius 2 is 2.12 bits per heavy atom. The number of nitrogens with two attached hydrogens (primary N) is 1. The molecule has 1 rings (SSSR count). The first-order valence-corrected chi connectivity index (χ1v) is 5.75. The van der Waals surface area contributed by atoms with E-state index in [4.69, 9.17) is 10.3 Å². The van der Waals surface area contributed by atoms with Crippen LogP contribution in [0.1, 0.15) is 38.0 Å². The average Bonchev–Trinajstić information content (AvgIpc) is 2.65. The highest BCUT2D eigenvalue weighted by molar-refractivity contribution is 4.94. The summed E-state index contributed by atoms with van der Waals surface area (Å²) in [6, 6.07) is -0.176. The van der Waals surface area contributed by atoms with Crippen molar-refractivity contribution < 1.29 is 4.52 Å². The topological polar surface area (TPSA) is 68.2 Å². The van der Waals surface area contributed by atoms with Gasteiger partial charge in [-0.3, -0.25) is 0 Å². The van der Waals surface area contributed by atoms with Crippen molar-refractivity contribution in [3.63, 3.8) is 0 Å². The van der Waals surface area contributed by atoms with E-state index in [0.717, 1.165) is 19.4 Å². The first-order valence-electron chi connectivity index (χ1n) is 5.75. The van der Waals surface area contributed by atoms with Gasteiger partial charge in [0.25, 0.3) is 0 Å². The molecule has 0 aliphatic heterocycles. The van der Waals surface area contributed by atoms with Crippen LogP contribution < -0.4 is 5.73 Å². The Hall–Kier alpha value is -0.940. The van der Waals surface area contributed by atoms with Crippen LogP contribution in [-0.4, -0.2) is 35.7 Å². The number of likely N-dealkylation sites (N-methyl/N-ethyl adjacent to an activating group) is 1. The number of hydrogen-bond donors (Lipinski definition) is 1. The fraction of sp³-hybridized carbons (Fsp3) is 0.818. The summed E-state index contributed by atoms with van der Waals surface area (Å²) in [5.74, 6) is 1.86. The minimum atomic E-state index is -0.176. The van der Waals surface area contributed by atoms with E-state index in [-0.39, 0.29) is 6.04 Å². The van der Waals surface area contributed by atoms with Gasteiger partial charge in [0.15, 0.2) is 5.82 Å². The zero-order valence-corrected chi connectivity index (χ0v) is 10.6. The Morgan fingerprint density at radius 3 is 2.69 bits per heavy atom. The fourth-order valence-corrected chi connectivity index (χ4v) is 1.42. The third-order valence-corrected chi connectivity index (χ3v) is 2.60. The van der Waals surface area contributed by atoms with Crippen molar-refractivity contribution >= 4 is 0 Å². The van der Waals surface area contributed by atoms with E-state index in [9.17, 15) is 0 Å². The lowest BCUT2D eigenvalue weighted by atomic mass is 10.1. The summed E-state index contributed by atoms with van der Waals surface area (Å²) in [5, 5.41) is 3.92. The molecular weight excluding hydrogens is 204 g/mol. The van der Waals surface area contributed by atoms with Gasteiger partial charge >= 0.3 is 0 Å². The van der Waals surface area contributed by atoms with E-state index in [2.05, 4.69) is 24.0 Å². The highest BCUT2D eigenvalue weighted by atomic mass is 16.5. The molecule has 5 nitrogen and oxygen atoms in total. The second kappa shape index (κ2) is 5.96. The van der Waals surface area contributed by atoms with Crippen molar-refractivity contribution in [1.82, 2.24) is 15.0 Å². The van der Waals surface area contributed by atoms with Gasteiger partial charge in [0.1, 0.15) is 0 Å². The SMILES string of the molecule is CCC(C)Cc1nc(C(N)CN(C)C)no1. The van der Waals surface area contributed by atoms with Crippen LogP contribution in [0.4, 0.5) is 0 Å². The van der Waals surface area contributed by atoms with Crippen molar-refractivity contribution in [2.24, 2.45) is 11.7 Å². The summed E-state index contributed by atoms with van der Waals surface area (Å²) in [7, 11) is 3.94. The van der Waals surface area contributed by atoms with E-state index in [1.165, 1.54) is 0 Å². The molecule has 1 aromatic rings. The largest absolute Gasteiger partial charge is 0.339 e. The van der Waals surface area contributed by atoms with Crippen LogP contribution in [0, 0.1) is 5.92 Å². The quantitative estimate of drug-likeness (QED) is 0.790. The maximum Gasteiger partial charge on any atom is 0.226 e. The second-order valence-electron chi connectivity index (χ2n) is 4.63. The van der Waals surface area contributed by atoms with Crippen molar-refractivity contribution in [2.45, 2.75) is 32.7 Å². The molecule has 0 bridgehead atoms. The standard InChI is InChI=1S/C11H22N4O/c1-5-8(2)6-10-13-11(14-16-10)9(12)7-15(3)4/h8-9H,5-7,12H2,1-4H3.